The van der Waals surface area contributed by atoms with Crippen molar-refractivity contribution in [1.82, 2.24) is 5.32 Å². The Morgan fingerprint density at radius 1 is 1.25 bits per heavy atom. The fourth-order valence-corrected chi connectivity index (χ4v) is 3.31. The summed E-state index contributed by atoms with van der Waals surface area (Å²) in [5, 5.41) is 13.4. The predicted octanol–water partition coefficient (Wildman–Crippen LogP) is 2.79. The summed E-state index contributed by atoms with van der Waals surface area (Å²) >= 11 is 0. The van der Waals surface area contributed by atoms with Gasteiger partial charge in [0.2, 0.25) is 0 Å². The molecule has 2 aliphatic rings. The first-order valence-electron chi connectivity index (χ1n) is 7.58. The van der Waals surface area contributed by atoms with Crippen LogP contribution in [0.5, 0.6) is 5.75 Å². The molecule has 0 aromatic heterocycles. The summed E-state index contributed by atoms with van der Waals surface area (Å²) in [6, 6.07) is 4.98. The number of hydrogen-bond donors (Lipinski definition) is 2. The molecule has 4 heteroatoms. The average Bonchev–Trinajstić information content (AvgIpc) is 2.73. The maximum Gasteiger partial charge on any atom is 0.126 e. The van der Waals surface area contributed by atoms with E-state index in [9.17, 15) is 9.50 Å². The summed E-state index contributed by atoms with van der Waals surface area (Å²) in [5.74, 6) is 0.755. The molecule has 20 heavy (non-hydrogen) atoms. The van der Waals surface area contributed by atoms with Gasteiger partial charge < -0.3 is 15.2 Å². The molecule has 2 N–H and O–H groups in total. The number of fused-ring (bicyclic) bond motifs is 1. The van der Waals surface area contributed by atoms with Gasteiger partial charge in [0, 0.05) is 24.2 Å². The second-order valence-corrected chi connectivity index (χ2v) is 5.89. The Bertz CT molecular complexity index is 466. The van der Waals surface area contributed by atoms with E-state index in [1.54, 1.807) is 0 Å². The largest absolute Gasteiger partial charge is 0.493 e. The Balaban J connectivity index is 1.70. The molecule has 0 amide bonds. The monoisotopic (exact) mass is 279 g/mol. The molecule has 1 aliphatic heterocycles. The van der Waals surface area contributed by atoms with E-state index in [-0.39, 0.29) is 18.0 Å². The van der Waals surface area contributed by atoms with E-state index in [0.717, 1.165) is 44.2 Å². The van der Waals surface area contributed by atoms with Crippen molar-refractivity contribution in [2.24, 2.45) is 5.92 Å². The lowest BCUT2D eigenvalue weighted by Crippen LogP contribution is -2.30. The number of aliphatic hydroxyl groups is 1. The van der Waals surface area contributed by atoms with Gasteiger partial charge in [0.15, 0.2) is 0 Å². The molecule has 1 aliphatic carbocycles. The van der Waals surface area contributed by atoms with Gasteiger partial charge in [-0.15, -0.1) is 0 Å². The van der Waals surface area contributed by atoms with Gasteiger partial charge in [0.1, 0.15) is 11.6 Å². The first-order chi connectivity index (χ1) is 9.74. The van der Waals surface area contributed by atoms with Crippen LogP contribution in [-0.4, -0.2) is 24.4 Å². The van der Waals surface area contributed by atoms with Crippen LogP contribution < -0.4 is 10.1 Å². The molecule has 1 heterocycles. The molecule has 0 bridgehead atoms. The molecule has 0 unspecified atom stereocenters. The van der Waals surface area contributed by atoms with Gasteiger partial charge in [-0.3, -0.25) is 0 Å². The molecule has 3 atom stereocenters. The van der Waals surface area contributed by atoms with Crippen LogP contribution in [-0.2, 0) is 0 Å². The maximum absolute atomic E-state index is 13.3. The minimum Gasteiger partial charge on any atom is -0.493 e. The van der Waals surface area contributed by atoms with Gasteiger partial charge in [-0.1, -0.05) is 12.5 Å². The minimum absolute atomic E-state index is 0.169. The third kappa shape index (κ3) is 2.96. The van der Waals surface area contributed by atoms with Gasteiger partial charge in [-0.2, -0.15) is 0 Å². The first kappa shape index (κ1) is 13.8. The van der Waals surface area contributed by atoms with Crippen LogP contribution in [0.25, 0.3) is 0 Å². The van der Waals surface area contributed by atoms with Crippen molar-refractivity contribution in [2.45, 2.75) is 44.2 Å². The van der Waals surface area contributed by atoms with Crippen LogP contribution in [0.3, 0.4) is 0 Å². The summed E-state index contributed by atoms with van der Waals surface area (Å²) in [5.41, 5.74) is 1.04. The van der Waals surface area contributed by atoms with E-state index in [1.807, 2.05) is 6.07 Å². The van der Waals surface area contributed by atoms with E-state index < -0.39 is 0 Å². The van der Waals surface area contributed by atoms with E-state index in [2.05, 4.69) is 5.32 Å². The third-order valence-electron chi connectivity index (χ3n) is 4.49. The van der Waals surface area contributed by atoms with Crippen LogP contribution in [0.4, 0.5) is 4.39 Å². The van der Waals surface area contributed by atoms with Gasteiger partial charge in [-0.25, -0.2) is 4.39 Å². The molecule has 1 aromatic carbocycles. The molecule has 110 valence electrons. The van der Waals surface area contributed by atoms with Crippen LogP contribution in [0.2, 0.25) is 0 Å². The highest BCUT2D eigenvalue weighted by Crippen LogP contribution is 2.33. The number of hydrogen-bond acceptors (Lipinski definition) is 3. The topological polar surface area (TPSA) is 41.5 Å². The summed E-state index contributed by atoms with van der Waals surface area (Å²) in [7, 11) is 0. The Kier molecular flexibility index (Phi) is 4.22. The fourth-order valence-electron chi connectivity index (χ4n) is 3.31. The first-order valence-corrected chi connectivity index (χ1v) is 7.58. The zero-order chi connectivity index (χ0) is 13.9. The SMILES string of the molecule is O[C@@H]1CCC[C@H]1CN[C@@H]1CCCOc2cc(F)ccc21. The Hall–Kier alpha value is -1.13. The number of ether oxygens (including phenoxy) is 1. The quantitative estimate of drug-likeness (QED) is 0.894. The molecular formula is C16H22FNO2. The maximum atomic E-state index is 13.3. The zero-order valence-electron chi connectivity index (χ0n) is 11.6. The molecule has 3 nitrogen and oxygen atoms in total. The molecule has 1 aromatic rings. The summed E-state index contributed by atoms with van der Waals surface area (Å²) in [6.07, 6.45) is 4.90. The van der Waals surface area contributed by atoms with Crippen molar-refractivity contribution in [3.05, 3.63) is 29.6 Å². The normalized spacial score (nSPS) is 29.6. The highest BCUT2D eigenvalue weighted by molar-refractivity contribution is 5.37. The van der Waals surface area contributed by atoms with E-state index in [1.165, 1.54) is 12.1 Å². The number of halogens is 1. The standard InChI is InChI=1S/C16H22FNO2/c17-12-6-7-13-14(4-2-8-20-16(13)9-12)18-10-11-3-1-5-15(11)19/h6-7,9,11,14-15,18-19H,1-5,8,10H2/t11-,14+,15+/m0/s1. The lowest BCUT2D eigenvalue weighted by molar-refractivity contribution is 0.129. The zero-order valence-corrected chi connectivity index (χ0v) is 11.6. The van der Waals surface area contributed by atoms with Gasteiger partial charge in [0.25, 0.3) is 0 Å². The van der Waals surface area contributed by atoms with Crippen molar-refractivity contribution in [1.29, 1.82) is 0 Å². The smallest absolute Gasteiger partial charge is 0.126 e. The summed E-state index contributed by atoms with van der Waals surface area (Å²) < 4.78 is 18.9. The van der Waals surface area contributed by atoms with Gasteiger partial charge in [-0.05, 0) is 37.7 Å². The van der Waals surface area contributed by atoms with Crippen LogP contribution >= 0.6 is 0 Å². The van der Waals surface area contributed by atoms with Crippen molar-refractivity contribution < 1.29 is 14.2 Å². The van der Waals surface area contributed by atoms with E-state index >= 15 is 0 Å². The van der Waals surface area contributed by atoms with Crippen molar-refractivity contribution >= 4 is 0 Å². The number of rotatable bonds is 3. The van der Waals surface area contributed by atoms with Gasteiger partial charge in [0.05, 0.1) is 12.7 Å². The summed E-state index contributed by atoms with van der Waals surface area (Å²) in [4.78, 5) is 0. The molecule has 1 fully saturated rings. The van der Waals surface area contributed by atoms with E-state index in [4.69, 9.17) is 4.74 Å². The Labute approximate surface area is 119 Å². The predicted molar refractivity (Wildman–Crippen MR) is 75.2 cm³/mol. The van der Waals surface area contributed by atoms with Crippen molar-refractivity contribution in [3.8, 4) is 5.75 Å². The molecule has 0 saturated heterocycles. The van der Waals surface area contributed by atoms with Crippen LogP contribution in [0.1, 0.15) is 43.7 Å². The number of nitrogens with one attached hydrogen (secondary N) is 1. The molecule has 0 spiro atoms. The second-order valence-electron chi connectivity index (χ2n) is 5.89. The fraction of sp³-hybridized carbons (Fsp3) is 0.625. The highest BCUT2D eigenvalue weighted by Gasteiger charge is 2.27. The molecular weight excluding hydrogens is 257 g/mol. The molecule has 0 radical (unpaired) electrons. The molecule has 1 saturated carbocycles. The third-order valence-corrected chi connectivity index (χ3v) is 4.49. The van der Waals surface area contributed by atoms with E-state index in [0.29, 0.717) is 18.3 Å². The number of benzene rings is 1. The summed E-state index contributed by atoms with van der Waals surface area (Å²) in [6.45, 7) is 1.46. The minimum atomic E-state index is -0.254. The van der Waals surface area contributed by atoms with Gasteiger partial charge >= 0.3 is 0 Å². The van der Waals surface area contributed by atoms with Crippen molar-refractivity contribution in [3.63, 3.8) is 0 Å². The van der Waals surface area contributed by atoms with Crippen molar-refractivity contribution in [2.75, 3.05) is 13.2 Å². The Morgan fingerprint density at radius 2 is 2.15 bits per heavy atom. The van der Waals surface area contributed by atoms with Crippen LogP contribution in [0.15, 0.2) is 18.2 Å². The number of aliphatic hydroxyl groups excluding tert-OH is 1. The second kappa shape index (κ2) is 6.10. The lowest BCUT2D eigenvalue weighted by Gasteiger charge is -2.22. The van der Waals surface area contributed by atoms with Crippen LogP contribution in [0, 0.1) is 11.7 Å². The lowest BCUT2D eigenvalue weighted by atomic mass is 10.00. The highest BCUT2D eigenvalue weighted by atomic mass is 19.1. The Morgan fingerprint density at radius 3 is 2.95 bits per heavy atom. The average molecular weight is 279 g/mol. The molecule has 3 rings (SSSR count).